The lowest BCUT2D eigenvalue weighted by atomic mass is 10.3. The molecule has 0 spiro atoms. The van der Waals surface area contributed by atoms with Gasteiger partial charge in [-0.05, 0) is 33.6 Å². The molecule has 1 aromatic heterocycles. The highest BCUT2D eigenvalue weighted by Crippen LogP contribution is 2.09. The molecule has 2 atom stereocenters. The first kappa shape index (κ1) is 13.7. The Morgan fingerprint density at radius 3 is 1.65 bits per heavy atom. The average Bonchev–Trinajstić information content (AvgIpc) is 2.27. The van der Waals surface area contributed by atoms with Gasteiger partial charge in [0.1, 0.15) is 5.82 Å². The Kier molecular flexibility index (Phi) is 5.12. The van der Waals surface area contributed by atoms with Gasteiger partial charge in [0.15, 0.2) is 0 Å². The molecule has 0 bridgehead atoms. The smallest absolute Gasteiger partial charge is 0.227 e. The van der Waals surface area contributed by atoms with Crippen molar-refractivity contribution in [1.82, 2.24) is 15.0 Å². The van der Waals surface area contributed by atoms with Crippen LogP contribution in [0.1, 0.15) is 46.4 Å². The molecule has 0 saturated carbocycles. The van der Waals surface area contributed by atoms with Crippen LogP contribution in [0.25, 0.3) is 0 Å². The summed E-state index contributed by atoms with van der Waals surface area (Å²) < 4.78 is 0. The molecule has 0 aliphatic rings. The van der Waals surface area contributed by atoms with Crippen LogP contribution in [0.5, 0.6) is 0 Å². The molecule has 0 amide bonds. The summed E-state index contributed by atoms with van der Waals surface area (Å²) in [5.41, 5.74) is 0. The van der Waals surface area contributed by atoms with E-state index in [1.807, 2.05) is 6.92 Å². The molecule has 1 heterocycles. The van der Waals surface area contributed by atoms with Crippen molar-refractivity contribution in [3.63, 3.8) is 0 Å². The van der Waals surface area contributed by atoms with Crippen LogP contribution in [0.15, 0.2) is 0 Å². The zero-order valence-corrected chi connectivity index (χ0v) is 11.4. The van der Waals surface area contributed by atoms with Gasteiger partial charge in [-0.15, -0.1) is 0 Å². The lowest BCUT2D eigenvalue weighted by molar-refractivity contribution is 0.735. The molecule has 0 radical (unpaired) electrons. The summed E-state index contributed by atoms with van der Waals surface area (Å²) in [6, 6.07) is 0.737. The predicted molar refractivity (Wildman–Crippen MR) is 71.3 cm³/mol. The van der Waals surface area contributed by atoms with E-state index in [9.17, 15) is 0 Å². The molecule has 5 nitrogen and oxygen atoms in total. The first-order valence-corrected chi connectivity index (χ1v) is 6.30. The van der Waals surface area contributed by atoms with E-state index in [1.165, 1.54) is 0 Å². The minimum atomic E-state index is 0.369. The van der Waals surface area contributed by atoms with Crippen LogP contribution in [0, 0.1) is 6.92 Å². The van der Waals surface area contributed by atoms with Gasteiger partial charge in [0.25, 0.3) is 0 Å². The van der Waals surface area contributed by atoms with E-state index >= 15 is 0 Å². The summed E-state index contributed by atoms with van der Waals surface area (Å²) in [5, 5.41) is 6.52. The van der Waals surface area contributed by atoms with Gasteiger partial charge in [-0.1, -0.05) is 13.8 Å². The molecular formula is C12H23N5. The molecule has 1 aromatic rings. The number of aromatic nitrogens is 3. The van der Waals surface area contributed by atoms with Crippen LogP contribution in [-0.2, 0) is 0 Å². The quantitative estimate of drug-likeness (QED) is 0.796. The molecule has 0 fully saturated rings. The fraction of sp³-hybridized carbons (Fsp3) is 0.750. The maximum absolute atomic E-state index is 4.36. The Morgan fingerprint density at radius 2 is 1.29 bits per heavy atom. The zero-order chi connectivity index (χ0) is 12.8. The second-order valence-corrected chi connectivity index (χ2v) is 4.44. The van der Waals surface area contributed by atoms with Crippen LogP contribution < -0.4 is 10.6 Å². The van der Waals surface area contributed by atoms with Crippen molar-refractivity contribution in [2.75, 3.05) is 10.6 Å². The molecule has 0 aliphatic carbocycles. The van der Waals surface area contributed by atoms with Gasteiger partial charge >= 0.3 is 0 Å². The highest BCUT2D eigenvalue weighted by atomic mass is 15.2. The molecule has 17 heavy (non-hydrogen) atoms. The first-order valence-electron chi connectivity index (χ1n) is 6.30. The summed E-state index contributed by atoms with van der Waals surface area (Å²) in [6.07, 6.45) is 2.08. The molecule has 0 aliphatic heterocycles. The van der Waals surface area contributed by atoms with E-state index in [4.69, 9.17) is 0 Å². The number of nitrogens with zero attached hydrogens (tertiary/aromatic N) is 3. The van der Waals surface area contributed by atoms with Crippen molar-refractivity contribution in [3.8, 4) is 0 Å². The van der Waals surface area contributed by atoms with Gasteiger partial charge < -0.3 is 10.6 Å². The Balaban J connectivity index is 2.79. The highest BCUT2D eigenvalue weighted by molar-refractivity contribution is 5.35. The first-order chi connectivity index (χ1) is 8.05. The van der Waals surface area contributed by atoms with Crippen molar-refractivity contribution in [1.29, 1.82) is 0 Å². The summed E-state index contributed by atoms with van der Waals surface area (Å²) in [6.45, 7) is 10.4. The van der Waals surface area contributed by atoms with Crippen LogP contribution in [0.3, 0.4) is 0 Å². The molecule has 5 heteroatoms. The number of hydrogen-bond donors (Lipinski definition) is 2. The van der Waals surface area contributed by atoms with Gasteiger partial charge in [0.05, 0.1) is 0 Å². The number of rotatable bonds is 6. The van der Waals surface area contributed by atoms with Crippen LogP contribution >= 0.6 is 0 Å². The maximum atomic E-state index is 4.36. The zero-order valence-electron chi connectivity index (χ0n) is 11.4. The largest absolute Gasteiger partial charge is 0.352 e. The normalized spacial score (nSPS) is 14.2. The second-order valence-electron chi connectivity index (χ2n) is 4.44. The average molecular weight is 237 g/mol. The van der Waals surface area contributed by atoms with Gasteiger partial charge in [0, 0.05) is 12.1 Å². The molecule has 0 saturated heterocycles. The van der Waals surface area contributed by atoms with E-state index < -0.39 is 0 Å². The lowest BCUT2D eigenvalue weighted by Crippen LogP contribution is -2.20. The van der Waals surface area contributed by atoms with Gasteiger partial charge in [-0.3, -0.25) is 0 Å². The minimum absolute atomic E-state index is 0.369. The third-order valence-corrected chi connectivity index (χ3v) is 2.72. The topological polar surface area (TPSA) is 62.7 Å². The Morgan fingerprint density at radius 1 is 0.882 bits per heavy atom. The Labute approximate surface area is 103 Å². The van der Waals surface area contributed by atoms with E-state index in [0.29, 0.717) is 24.0 Å². The number of aryl methyl sites for hydroxylation is 1. The van der Waals surface area contributed by atoms with Crippen LogP contribution in [-0.4, -0.2) is 27.0 Å². The summed E-state index contributed by atoms with van der Waals surface area (Å²) in [4.78, 5) is 12.9. The highest BCUT2D eigenvalue weighted by Gasteiger charge is 2.07. The maximum Gasteiger partial charge on any atom is 0.227 e. The van der Waals surface area contributed by atoms with E-state index in [-0.39, 0.29) is 0 Å². The Bertz CT molecular complexity index is 322. The van der Waals surface area contributed by atoms with E-state index in [0.717, 1.165) is 18.7 Å². The van der Waals surface area contributed by atoms with E-state index in [2.05, 4.69) is 53.3 Å². The van der Waals surface area contributed by atoms with Crippen molar-refractivity contribution in [3.05, 3.63) is 5.82 Å². The second kappa shape index (κ2) is 6.37. The lowest BCUT2D eigenvalue weighted by Gasteiger charge is -2.14. The van der Waals surface area contributed by atoms with Crippen LogP contribution in [0.2, 0.25) is 0 Å². The predicted octanol–water partition coefficient (Wildman–Crippen LogP) is 2.60. The monoisotopic (exact) mass is 237 g/mol. The molecule has 96 valence electrons. The van der Waals surface area contributed by atoms with Crippen LogP contribution in [0.4, 0.5) is 11.9 Å². The number of hydrogen-bond acceptors (Lipinski definition) is 5. The third-order valence-electron chi connectivity index (χ3n) is 2.72. The van der Waals surface area contributed by atoms with E-state index in [1.54, 1.807) is 0 Å². The molecule has 0 aromatic carbocycles. The fourth-order valence-corrected chi connectivity index (χ4v) is 1.26. The standard InChI is InChI=1S/C12H23N5/c1-6-8(3)13-11-15-10(5)16-12(17-11)14-9(4)7-2/h8-9H,6-7H2,1-5H3,(H2,13,14,15,16,17). The summed E-state index contributed by atoms with van der Waals surface area (Å²) in [5.74, 6) is 2.03. The molecule has 2 unspecified atom stereocenters. The minimum Gasteiger partial charge on any atom is -0.352 e. The van der Waals surface area contributed by atoms with Gasteiger partial charge in [-0.25, -0.2) is 0 Å². The van der Waals surface area contributed by atoms with Gasteiger partial charge in [0.2, 0.25) is 11.9 Å². The summed E-state index contributed by atoms with van der Waals surface area (Å²) in [7, 11) is 0. The number of nitrogens with one attached hydrogen (secondary N) is 2. The van der Waals surface area contributed by atoms with Gasteiger partial charge in [-0.2, -0.15) is 15.0 Å². The van der Waals surface area contributed by atoms with Crippen molar-refractivity contribution in [2.45, 2.75) is 59.5 Å². The number of anilines is 2. The van der Waals surface area contributed by atoms with Crippen molar-refractivity contribution >= 4 is 11.9 Å². The molecular weight excluding hydrogens is 214 g/mol. The summed E-state index contributed by atoms with van der Waals surface area (Å²) >= 11 is 0. The fourth-order valence-electron chi connectivity index (χ4n) is 1.26. The molecule has 1 rings (SSSR count). The molecule has 2 N–H and O–H groups in total. The third kappa shape index (κ3) is 4.54. The Hall–Kier alpha value is -1.39. The SMILES string of the molecule is CCC(C)Nc1nc(C)nc(NC(C)CC)n1. The van der Waals surface area contributed by atoms with Crippen molar-refractivity contribution < 1.29 is 0 Å². The van der Waals surface area contributed by atoms with Crippen molar-refractivity contribution in [2.24, 2.45) is 0 Å².